The highest BCUT2D eigenvalue weighted by Gasteiger charge is 2.16. The Morgan fingerprint density at radius 3 is 2.38 bits per heavy atom. The molecule has 0 radical (unpaired) electrons. The fourth-order valence-corrected chi connectivity index (χ4v) is 2.99. The fraction of sp³-hybridized carbons (Fsp3) is 0.190. The third-order valence-corrected chi connectivity index (χ3v) is 4.55. The number of nitrogens with one attached hydrogen (secondary N) is 1. The number of benzene rings is 2. The summed E-state index contributed by atoms with van der Waals surface area (Å²) in [6, 6.07) is 10.8. The van der Waals surface area contributed by atoms with E-state index in [1.807, 2.05) is 31.2 Å². The summed E-state index contributed by atoms with van der Waals surface area (Å²) in [5, 5.41) is 5.22. The molecule has 150 valence electrons. The molecule has 2 aromatic carbocycles. The number of hydrogen-bond donors (Lipinski definition) is 1. The van der Waals surface area contributed by atoms with Crippen molar-refractivity contribution in [2.24, 2.45) is 5.10 Å². The van der Waals surface area contributed by atoms with Gasteiger partial charge in [0.25, 0.3) is 5.91 Å². The number of aryl methyl sites for hydroxylation is 1. The predicted molar refractivity (Wildman–Crippen MR) is 113 cm³/mol. The number of ether oxygens (including phenoxy) is 3. The first-order chi connectivity index (χ1) is 14.0. The van der Waals surface area contributed by atoms with E-state index in [0.29, 0.717) is 33.5 Å². The lowest BCUT2D eigenvalue weighted by molar-refractivity contribution is 0.0954. The summed E-state index contributed by atoms with van der Waals surface area (Å²) in [4.78, 5) is 16.9. The van der Waals surface area contributed by atoms with Gasteiger partial charge >= 0.3 is 0 Å². The first kappa shape index (κ1) is 20.4. The van der Waals surface area contributed by atoms with Crippen LogP contribution in [0.1, 0.15) is 21.5 Å². The molecule has 0 unspecified atom stereocenters. The van der Waals surface area contributed by atoms with Gasteiger partial charge in [-0.2, -0.15) is 5.10 Å². The van der Waals surface area contributed by atoms with Gasteiger partial charge in [-0.05, 0) is 36.8 Å². The van der Waals surface area contributed by atoms with Crippen molar-refractivity contribution in [1.29, 1.82) is 0 Å². The van der Waals surface area contributed by atoms with Gasteiger partial charge in [0.1, 0.15) is 5.15 Å². The Hall–Kier alpha value is -3.32. The number of nitrogens with zero attached hydrogens (tertiary/aromatic N) is 2. The van der Waals surface area contributed by atoms with E-state index < -0.39 is 5.91 Å². The molecule has 1 heterocycles. The van der Waals surface area contributed by atoms with Crippen molar-refractivity contribution in [3.63, 3.8) is 0 Å². The summed E-state index contributed by atoms with van der Waals surface area (Å²) in [5.74, 6) is 0.705. The molecule has 8 heteroatoms. The van der Waals surface area contributed by atoms with Gasteiger partial charge in [-0.1, -0.05) is 23.7 Å². The number of hydrazone groups is 1. The zero-order valence-corrected chi connectivity index (χ0v) is 17.2. The second kappa shape index (κ2) is 8.79. The van der Waals surface area contributed by atoms with Crippen LogP contribution in [0.2, 0.25) is 5.15 Å². The molecule has 0 aliphatic heterocycles. The summed E-state index contributed by atoms with van der Waals surface area (Å²) in [5.41, 5.74) is 5.25. The van der Waals surface area contributed by atoms with Gasteiger partial charge in [-0.15, -0.1) is 0 Å². The molecule has 1 N–H and O–H groups in total. The molecule has 0 aliphatic rings. The van der Waals surface area contributed by atoms with Crippen molar-refractivity contribution in [1.82, 2.24) is 10.4 Å². The second-order valence-electron chi connectivity index (χ2n) is 6.18. The lowest BCUT2D eigenvalue weighted by atomic mass is 10.1. The minimum absolute atomic E-state index is 0.300. The number of carbonyl (C=O) groups excluding carboxylic acids is 1. The number of amides is 1. The van der Waals surface area contributed by atoms with Crippen LogP contribution in [0, 0.1) is 6.92 Å². The maximum atomic E-state index is 12.5. The first-order valence-electron chi connectivity index (χ1n) is 8.67. The number of hydrogen-bond acceptors (Lipinski definition) is 6. The zero-order chi connectivity index (χ0) is 21.0. The van der Waals surface area contributed by atoms with Crippen molar-refractivity contribution in [2.45, 2.75) is 6.92 Å². The molecule has 1 amide bonds. The van der Waals surface area contributed by atoms with Crippen LogP contribution in [0.5, 0.6) is 17.2 Å². The zero-order valence-electron chi connectivity index (χ0n) is 16.4. The Kier molecular flexibility index (Phi) is 6.19. The molecular weight excluding hydrogens is 394 g/mol. The molecule has 1 aromatic heterocycles. The molecule has 0 saturated carbocycles. The molecule has 29 heavy (non-hydrogen) atoms. The smallest absolute Gasteiger partial charge is 0.271 e. The average molecular weight is 414 g/mol. The highest BCUT2D eigenvalue weighted by Crippen LogP contribution is 2.38. The van der Waals surface area contributed by atoms with Gasteiger partial charge < -0.3 is 14.2 Å². The number of fused-ring (bicyclic) bond motifs is 1. The van der Waals surface area contributed by atoms with Crippen molar-refractivity contribution < 1.29 is 19.0 Å². The molecule has 0 aliphatic carbocycles. The maximum Gasteiger partial charge on any atom is 0.271 e. The van der Waals surface area contributed by atoms with Crippen molar-refractivity contribution in [3.05, 3.63) is 58.2 Å². The summed E-state index contributed by atoms with van der Waals surface area (Å²) in [7, 11) is 4.45. The number of methoxy groups -OCH3 is 3. The van der Waals surface area contributed by atoms with E-state index in [1.54, 1.807) is 12.1 Å². The molecule has 0 spiro atoms. The third-order valence-electron chi connectivity index (χ3n) is 4.25. The van der Waals surface area contributed by atoms with Crippen LogP contribution in [-0.4, -0.2) is 38.4 Å². The summed E-state index contributed by atoms with van der Waals surface area (Å²) >= 11 is 6.24. The Morgan fingerprint density at radius 1 is 1.07 bits per heavy atom. The van der Waals surface area contributed by atoms with Gasteiger partial charge in [0.15, 0.2) is 11.5 Å². The van der Waals surface area contributed by atoms with Crippen molar-refractivity contribution in [2.75, 3.05) is 21.3 Å². The van der Waals surface area contributed by atoms with Crippen LogP contribution in [0.3, 0.4) is 0 Å². The van der Waals surface area contributed by atoms with Crippen LogP contribution in [0.25, 0.3) is 10.9 Å². The van der Waals surface area contributed by atoms with Gasteiger partial charge in [-0.25, -0.2) is 10.4 Å². The maximum absolute atomic E-state index is 12.5. The van der Waals surface area contributed by atoms with E-state index in [-0.39, 0.29) is 0 Å². The molecule has 0 fully saturated rings. The highest BCUT2D eigenvalue weighted by atomic mass is 35.5. The Labute approximate surface area is 173 Å². The molecular formula is C21H20ClN3O4. The average Bonchev–Trinajstić information content (AvgIpc) is 2.72. The van der Waals surface area contributed by atoms with E-state index in [0.717, 1.165) is 16.5 Å². The highest BCUT2D eigenvalue weighted by molar-refractivity contribution is 6.32. The molecule has 0 atom stereocenters. The van der Waals surface area contributed by atoms with E-state index >= 15 is 0 Å². The Morgan fingerprint density at radius 2 is 1.76 bits per heavy atom. The SMILES string of the molecule is COc1cc(C(=O)NN=Cc2cc3ccc(C)cc3nc2Cl)cc(OC)c1OC. The quantitative estimate of drug-likeness (QED) is 0.375. The summed E-state index contributed by atoms with van der Waals surface area (Å²) < 4.78 is 15.8. The minimum atomic E-state index is -0.444. The van der Waals surface area contributed by atoms with Crippen LogP contribution >= 0.6 is 11.6 Å². The van der Waals surface area contributed by atoms with Gasteiger partial charge in [-0.3, -0.25) is 4.79 Å². The van der Waals surface area contributed by atoms with Gasteiger partial charge in [0.2, 0.25) is 5.75 Å². The van der Waals surface area contributed by atoms with Crippen LogP contribution in [0.4, 0.5) is 0 Å². The van der Waals surface area contributed by atoms with E-state index in [1.165, 1.54) is 27.5 Å². The van der Waals surface area contributed by atoms with Crippen molar-refractivity contribution >= 4 is 34.6 Å². The summed E-state index contributed by atoms with van der Waals surface area (Å²) in [6.07, 6.45) is 1.45. The standard InChI is InChI=1S/C21H20ClN3O4/c1-12-5-6-13-8-15(20(22)24-16(13)7-12)11-23-25-21(26)14-9-17(27-2)19(29-4)18(10-14)28-3/h5-11H,1-4H3,(H,25,26). The topological polar surface area (TPSA) is 82.0 Å². The van der Waals surface area contributed by atoms with Crippen LogP contribution in [0.15, 0.2) is 41.5 Å². The second-order valence-corrected chi connectivity index (χ2v) is 6.54. The van der Waals surface area contributed by atoms with Crippen LogP contribution in [-0.2, 0) is 0 Å². The number of halogens is 1. The number of carbonyl (C=O) groups is 1. The van der Waals surface area contributed by atoms with Gasteiger partial charge in [0.05, 0.1) is 33.1 Å². The number of rotatable bonds is 6. The monoisotopic (exact) mass is 413 g/mol. The lowest BCUT2D eigenvalue weighted by Crippen LogP contribution is -2.18. The lowest BCUT2D eigenvalue weighted by Gasteiger charge is -2.13. The van der Waals surface area contributed by atoms with E-state index in [4.69, 9.17) is 25.8 Å². The number of aromatic nitrogens is 1. The normalized spacial score (nSPS) is 10.9. The minimum Gasteiger partial charge on any atom is -0.493 e. The summed E-state index contributed by atoms with van der Waals surface area (Å²) in [6.45, 7) is 1.99. The molecule has 3 rings (SSSR count). The third kappa shape index (κ3) is 4.41. The Bertz CT molecular complexity index is 1070. The molecule has 0 saturated heterocycles. The number of pyridine rings is 1. The Balaban J connectivity index is 1.82. The molecule has 3 aromatic rings. The predicted octanol–water partition coefficient (Wildman–Crippen LogP) is 3.99. The molecule has 0 bridgehead atoms. The largest absolute Gasteiger partial charge is 0.493 e. The van der Waals surface area contributed by atoms with Crippen molar-refractivity contribution in [3.8, 4) is 17.2 Å². The van der Waals surface area contributed by atoms with E-state index in [2.05, 4.69) is 15.5 Å². The fourth-order valence-electron chi connectivity index (χ4n) is 2.80. The van der Waals surface area contributed by atoms with E-state index in [9.17, 15) is 4.79 Å². The van der Waals surface area contributed by atoms with Crippen LogP contribution < -0.4 is 19.6 Å². The molecule has 7 nitrogen and oxygen atoms in total. The first-order valence-corrected chi connectivity index (χ1v) is 9.05. The van der Waals surface area contributed by atoms with Gasteiger partial charge in [0, 0.05) is 16.5 Å².